The summed E-state index contributed by atoms with van der Waals surface area (Å²) < 4.78 is 17.4. The molecule has 4 rings (SSSR count). The molecule has 0 saturated heterocycles. The first kappa shape index (κ1) is 17.8. The second-order valence-corrected chi connectivity index (χ2v) is 6.26. The summed E-state index contributed by atoms with van der Waals surface area (Å²) in [6.45, 7) is 0.427. The zero-order chi connectivity index (χ0) is 19.3. The number of para-hydroxylation sites is 2. The molecule has 2 heterocycles. The zero-order valence-corrected chi connectivity index (χ0v) is 15.0. The molecule has 4 aromatic rings. The summed E-state index contributed by atoms with van der Waals surface area (Å²) in [7, 11) is 0. The Morgan fingerprint density at radius 3 is 2.71 bits per heavy atom. The van der Waals surface area contributed by atoms with Gasteiger partial charge < -0.3 is 13.6 Å². The van der Waals surface area contributed by atoms with E-state index in [0.717, 1.165) is 11.1 Å². The summed E-state index contributed by atoms with van der Waals surface area (Å²) in [4.78, 5) is 28.2. The van der Waals surface area contributed by atoms with Crippen LogP contribution in [0.3, 0.4) is 0 Å². The number of hydrogen-bond donors (Lipinski definition) is 0. The highest BCUT2D eigenvalue weighted by Crippen LogP contribution is 2.18. The van der Waals surface area contributed by atoms with Crippen LogP contribution in [0.4, 0.5) is 0 Å². The van der Waals surface area contributed by atoms with Crippen molar-refractivity contribution in [2.24, 2.45) is 0 Å². The molecule has 28 heavy (non-hydrogen) atoms. The first-order chi connectivity index (χ1) is 13.7. The van der Waals surface area contributed by atoms with E-state index in [1.165, 1.54) is 10.8 Å². The number of nitrogens with zero attached hydrogens (tertiary/aromatic N) is 2. The molecule has 0 atom stereocenters. The van der Waals surface area contributed by atoms with Gasteiger partial charge in [-0.3, -0.25) is 9.36 Å². The van der Waals surface area contributed by atoms with Crippen LogP contribution >= 0.6 is 0 Å². The summed E-state index contributed by atoms with van der Waals surface area (Å²) in [6, 6.07) is 16.7. The summed E-state index contributed by atoms with van der Waals surface area (Å²) in [6.07, 6.45) is 2.14. The second-order valence-electron chi connectivity index (χ2n) is 6.26. The van der Waals surface area contributed by atoms with E-state index in [-0.39, 0.29) is 19.0 Å². The molecule has 2 aromatic heterocycles. The van der Waals surface area contributed by atoms with E-state index >= 15 is 0 Å². The maximum Gasteiger partial charge on any atom is 0.419 e. The van der Waals surface area contributed by atoms with Gasteiger partial charge in [0.15, 0.2) is 5.58 Å². The molecule has 0 unspecified atom stereocenters. The van der Waals surface area contributed by atoms with Crippen molar-refractivity contribution in [2.45, 2.75) is 26.0 Å². The maximum absolute atomic E-state index is 12.0. The van der Waals surface area contributed by atoms with E-state index < -0.39 is 5.76 Å². The average molecular weight is 378 g/mol. The van der Waals surface area contributed by atoms with E-state index in [0.29, 0.717) is 30.1 Å². The summed E-state index contributed by atoms with van der Waals surface area (Å²) in [5.41, 5.74) is 2.66. The molecule has 0 fully saturated rings. The van der Waals surface area contributed by atoms with Crippen molar-refractivity contribution < 1.29 is 18.4 Å². The lowest BCUT2D eigenvalue weighted by atomic mass is 10.2. The summed E-state index contributed by atoms with van der Waals surface area (Å²) in [5, 5.41) is 0. The third-order valence-corrected chi connectivity index (χ3v) is 4.29. The van der Waals surface area contributed by atoms with Crippen molar-refractivity contribution in [2.75, 3.05) is 0 Å². The smallest absolute Gasteiger partial charge is 0.419 e. The van der Waals surface area contributed by atoms with Crippen LogP contribution in [0.15, 0.2) is 74.5 Å². The molecule has 0 radical (unpaired) electrons. The van der Waals surface area contributed by atoms with Crippen LogP contribution in [-0.2, 0) is 22.7 Å². The van der Waals surface area contributed by atoms with Crippen LogP contribution in [0.25, 0.3) is 22.6 Å². The molecule has 142 valence electrons. The normalized spacial score (nSPS) is 11.0. The van der Waals surface area contributed by atoms with Gasteiger partial charge in [-0.05, 0) is 30.7 Å². The number of rotatable bonds is 7. The minimum absolute atomic E-state index is 0.0454. The number of carbonyl (C=O) groups is 1. The number of aromatic nitrogens is 2. The Morgan fingerprint density at radius 2 is 1.86 bits per heavy atom. The van der Waals surface area contributed by atoms with Gasteiger partial charge in [-0.2, -0.15) is 0 Å². The topological polar surface area (TPSA) is 87.5 Å². The third kappa shape index (κ3) is 3.88. The molecule has 0 aliphatic rings. The van der Waals surface area contributed by atoms with Crippen molar-refractivity contribution in [3.05, 3.63) is 77.1 Å². The van der Waals surface area contributed by atoms with Crippen LogP contribution in [0.5, 0.6) is 0 Å². The van der Waals surface area contributed by atoms with Gasteiger partial charge in [-0.15, -0.1) is 0 Å². The molecule has 0 amide bonds. The standard InChI is InChI=1S/C21H18N2O5/c24-19(11-6-12-23-17-9-4-5-10-18(17)28-21(23)25)26-13-16-14-27-20(22-16)15-7-2-1-3-8-15/h1-5,7-10,14H,6,11-13H2. The Morgan fingerprint density at radius 1 is 1.07 bits per heavy atom. The van der Waals surface area contributed by atoms with Crippen LogP contribution in [0.2, 0.25) is 0 Å². The first-order valence-corrected chi connectivity index (χ1v) is 8.94. The molecular formula is C21H18N2O5. The van der Waals surface area contributed by atoms with Gasteiger partial charge in [0.05, 0.1) is 5.52 Å². The van der Waals surface area contributed by atoms with Gasteiger partial charge in [-0.1, -0.05) is 30.3 Å². The van der Waals surface area contributed by atoms with Crippen LogP contribution < -0.4 is 5.76 Å². The van der Waals surface area contributed by atoms with E-state index in [1.54, 1.807) is 12.1 Å². The number of carbonyl (C=O) groups excluding carboxylic acids is 1. The van der Waals surface area contributed by atoms with E-state index in [9.17, 15) is 9.59 Å². The predicted molar refractivity (Wildman–Crippen MR) is 101 cm³/mol. The van der Waals surface area contributed by atoms with E-state index in [2.05, 4.69) is 4.98 Å². The van der Waals surface area contributed by atoms with Gasteiger partial charge in [0.25, 0.3) is 0 Å². The second kappa shape index (κ2) is 7.96. The number of oxazole rings is 2. The lowest BCUT2D eigenvalue weighted by molar-refractivity contribution is -0.145. The number of esters is 1. The molecule has 0 N–H and O–H groups in total. The van der Waals surface area contributed by atoms with Crippen LogP contribution in [0.1, 0.15) is 18.5 Å². The summed E-state index contributed by atoms with van der Waals surface area (Å²) >= 11 is 0. The quantitative estimate of drug-likeness (QED) is 0.455. The fraction of sp³-hybridized carbons (Fsp3) is 0.190. The highest BCUT2D eigenvalue weighted by atomic mass is 16.5. The Bertz CT molecular complexity index is 1140. The lowest BCUT2D eigenvalue weighted by Crippen LogP contribution is -2.15. The Hall–Kier alpha value is -3.61. The third-order valence-electron chi connectivity index (χ3n) is 4.29. The van der Waals surface area contributed by atoms with E-state index in [4.69, 9.17) is 13.6 Å². The molecule has 0 saturated carbocycles. The van der Waals surface area contributed by atoms with Crippen molar-refractivity contribution in [3.8, 4) is 11.5 Å². The molecule has 7 heteroatoms. The van der Waals surface area contributed by atoms with Crippen molar-refractivity contribution in [1.82, 2.24) is 9.55 Å². The lowest BCUT2D eigenvalue weighted by Gasteiger charge is -2.03. The van der Waals surface area contributed by atoms with Crippen molar-refractivity contribution >= 4 is 17.1 Å². The van der Waals surface area contributed by atoms with E-state index in [1.807, 2.05) is 42.5 Å². The number of benzene rings is 2. The Kier molecular flexibility index (Phi) is 5.05. The number of ether oxygens (including phenoxy) is 1. The number of fused-ring (bicyclic) bond motifs is 1. The van der Waals surface area contributed by atoms with Gasteiger partial charge in [0, 0.05) is 18.5 Å². The fourth-order valence-electron chi connectivity index (χ4n) is 2.92. The maximum atomic E-state index is 12.0. The van der Waals surface area contributed by atoms with Gasteiger partial charge in [0.1, 0.15) is 18.6 Å². The fourth-order valence-corrected chi connectivity index (χ4v) is 2.92. The molecule has 0 aliphatic carbocycles. The molecule has 2 aromatic carbocycles. The first-order valence-electron chi connectivity index (χ1n) is 8.94. The van der Waals surface area contributed by atoms with Crippen LogP contribution in [-0.4, -0.2) is 15.5 Å². The highest BCUT2D eigenvalue weighted by molar-refractivity contribution is 5.72. The minimum atomic E-state index is -0.425. The molecule has 7 nitrogen and oxygen atoms in total. The SMILES string of the molecule is O=C(CCCn1c(=O)oc2ccccc21)OCc1coc(-c2ccccc2)n1. The monoisotopic (exact) mass is 378 g/mol. The number of hydrogen-bond acceptors (Lipinski definition) is 6. The van der Waals surface area contributed by atoms with Gasteiger partial charge in [-0.25, -0.2) is 9.78 Å². The molecular weight excluding hydrogens is 360 g/mol. The predicted octanol–water partition coefficient (Wildman–Crippen LogP) is 3.77. The number of aryl methyl sites for hydroxylation is 1. The van der Waals surface area contributed by atoms with Gasteiger partial charge in [0.2, 0.25) is 5.89 Å². The van der Waals surface area contributed by atoms with Gasteiger partial charge >= 0.3 is 11.7 Å². The minimum Gasteiger partial charge on any atom is -0.459 e. The molecule has 0 bridgehead atoms. The zero-order valence-electron chi connectivity index (χ0n) is 15.0. The van der Waals surface area contributed by atoms with Crippen molar-refractivity contribution in [1.29, 1.82) is 0 Å². The van der Waals surface area contributed by atoms with Crippen LogP contribution in [0, 0.1) is 0 Å². The Labute approximate surface area is 160 Å². The highest BCUT2D eigenvalue weighted by Gasteiger charge is 2.11. The summed E-state index contributed by atoms with van der Waals surface area (Å²) in [5.74, 6) is -0.298. The molecule has 0 aliphatic heterocycles. The van der Waals surface area contributed by atoms with Crippen molar-refractivity contribution in [3.63, 3.8) is 0 Å². The largest absolute Gasteiger partial charge is 0.459 e. The molecule has 0 spiro atoms. The Balaban J connectivity index is 1.28. The average Bonchev–Trinajstić information content (AvgIpc) is 3.32.